The first-order valence-electron chi connectivity index (χ1n) is 6.01. The molecule has 2 rings (SSSR count). The van der Waals surface area contributed by atoms with Crippen LogP contribution in [-0.2, 0) is 12.2 Å². The van der Waals surface area contributed by atoms with E-state index in [0.717, 1.165) is 28.9 Å². The van der Waals surface area contributed by atoms with Gasteiger partial charge in [0.15, 0.2) is 0 Å². The van der Waals surface area contributed by atoms with Crippen LogP contribution in [0.3, 0.4) is 0 Å². The number of hydrogen-bond donors (Lipinski definition) is 1. The summed E-state index contributed by atoms with van der Waals surface area (Å²) in [5.41, 5.74) is 6.59. The van der Waals surface area contributed by atoms with Crippen molar-refractivity contribution in [2.75, 3.05) is 6.54 Å². The topological polar surface area (TPSA) is 51.8 Å². The maximum atomic E-state index is 5.52. The first kappa shape index (κ1) is 11.9. The summed E-state index contributed by atoms with van der Waals surface area (Å²) < 4.78 is 0. The minimum atomic E-state index is 0.659. The van der Waals surface area contributed by atoms with Gasteiger partial charge in [-0.05, 0) is 25.5 Å². The molecule has 1 aromatic heterocycles. The van der Waals surface area contributed by atoms with Crippen LogP contribution in [0.25, 0.3) is 0 Å². The second-order valence-corrected chi connectivity index (χ2v) is 5.51. The molecule has 0 aromatic carbocycles. The van der Waals surface area contributed by atoms with Crippen LogP contribution < -0.4 is 5.73 Å². The molecule has 2 N–H and O–H groups in total. The lowest BCUT2D eigenvalue weighted by molar-refractivity contribution is 0.875. The fourth-order valence-corrected chi connectivity index (χ4v) is 3.24. The Balaban J connectivity index is 1.85. The average Bonchev–Trinajstić information content (AvgIpc) is 2.80. The Morgan fingerprint density at radius 1 is 1.38 bits per heavy atom. The van der Waals surface area contributed by atoms with Crippen LogP contribution in [0.4, 0.5) is 0 Å². The summed E-state index contributed by atoms with van der Waals surface area (Å²) in [4.78, 5) is 8.82. The third-order valence-corrected chi connectivity index (χ3v) is 4.28. The van der Waals surface area contributed by atoms with Gasteiger partial charge in [0.1, 0.15) is 5.82 Å². The normalized spacial score (nSPS) is 16.8. The number of rotatable bonds is 5. The lowest BCUT2D eigenvalue weighted by Gasteiger charge is -2.08. The highest BCUT2D eigenvalue weighted by Crippen LogP contribution is 2.30. The van der Waals surface area contributed by atoms with Crippen LogP contribution >= 0.6 is 11.8 Å². The zero-order valence-electron chi connectivity index (χ0n) is 9.56. The van der Waals surface area contributed by atoms with Gasteiger partial charge in [0.25, 0.3) is 0 Å². The molecule has 0 unspecified atom stereocenters. The van der Waals surface area contributed by atoms with E-state index in [4.69, 9.17) is 5.73 Å². The first-order chi connectivity index (χ1) is 7.88. The Morgan fingerprint density at radius 3 is 2.94 bits per heavy atom. The highest BCUT2D eigenvalue weighted by molar-refractivity contribution is 7.99. The number of hydrogen-bond acceptors (Lipinski definition) is 4. The van der Waals surface area contributed by atoms with Crippen molar-refractivity contribution in [1.82, 2.24) is 9.97 Å². The molecule has 16 heavy (non-hydrogen) atoms. The van der Waals surface area contributed by atoms with Gasteiger partial charge < -0.3 is 5.73 Å². The van der Waals surface area contributed by atoms with Gasteiger partial charge in [0.2, 0.25) is 0 Å². The minimum absolute atomic E-state index is 0.659. The summed E-state index contributed by atoms with van der Waals surface area (Å²) >= 11 is 2.01. The summed E-state index contributed by atoms with van der Waals surface area (Å²) in [7, 11) is 0. The van der Waals surface area contributed by atoms with Gasteiger partial charge in [0, 0.05) is 23.6 Å². The van der Waals surface area contributed by atoms with Crippen molar-refractivity contribution in [2.45, 2.75) is 43.1 Å². The number of aromatic nitrogens is 2. The molecule has 0 amide bonds. The molecule has 4 heteroatoms. The summed E-state index contributed by atoms with van der Waals surface area (Å²) in [5, 5.41) is 0.835. The third-order valence-electron chi connectivity index (χ3n) is 2.91. The molecule has 1 saturated carbocycles. The van der Waals surface area contributed by atoms with Crippen molar-refractivity contribution >= 4 is 11.8 Å². The molecule has 0 atom stereocenters. The fourth-order valence-electron chi connectivity index (χ4n) is 2.05. The Hall–Kier alpha value is -0.610. The molecular weight excluding hydrogens is 218 g/mol. The maximum absolute atomic E-state index is 5.52. The predicted molar refractivity (Wildman–Crippen MR) is 68.3 cm³/mol. The fraction of sp³-hybridized carbons (Fsp3) is 0.667. The van der Waals surface area contributed by atoms with Crippen molar-refractivity contribution in [3.05, 3.63) is 23.8 Å². The molecule has 0 spiro atoms. The van der Waals surface area contributed by atoms with Crippen molar-refractivity contribution in [1.29, 1.82) is 0 Å². The van der Waals surface area contributed by atoms with Crippen LogP contribution in [0.2, 0.25) is 0 Å². The van der Waals surface area contributed by atoms with Crippen molar-refractivity contribution < 1.29 is 0 Å². The number of nitrogens with zero attached hydrogens (tertiary/aromatic N) is 2. The van der Waals surface area contributed by atoms with Gasteiger partial charge in [-0.15, -0.1) is 0 Å². The smallest absolute Gasteiger partial charge is 0.138 e. The Morgan fingerprint density at radius 2 is 2.19 bits per heavy atom. The van der Waals surface area contributed by atoms with Crippen LogP contribution in [0.5, 0.6) is 0 Å². The highest BCUT2D eigenvalue weighted by atomic mass is 32.2. The van der Waals surface area contributed by atoms with Gasteiger partial charge in [0.05, 0.1) is 5.75 Å². The van der Waals surface area contributed by atoms with Crippen LogP contribution in [0, 0.1) is 0 Å². The van der Waals surface area contributed by atoms with E-state index in [1.54, 1.807) is 0 Å². The molecule has 0 radical (unpaired) electrons. The van der Waals surface area contributed by atoms with Crippen molar-refractivity contribution in [2.24, 2.45) is 5.73 Å². The second-order valence-electron chi connectivity index (χ2n) is 4.22. The predicted octanol–water partition coefficient (Wildman–Crippen LogP) is 2.15. The molecule has 0 bridgehead atoms. The lowest BCUT2D eigenvalue weighted by Crippen LogP contribution is -2.06. The SMILES string of the molecule is NCCc1ccnc(CSC2CCCC2)n1. The molecule has 1 heterocycles. The van der Waals surface area contributed by atoms with Gasteiger partial charge in [-0.2, -0.15) is 11.8 Å². The minimum Gasteiger partial charge on any atom is -0.330 e. The molecule has 0 saturated heterocycles. The molecule has 0 aliphatic heterocycles. The van der Waals surface area contributed by atoms with Gasteiger partial charge in [-0.3, -0.25) is 0 Å². The first-order valence-corrected chi connectivity index (χ1v) is 7.06. The van der Waals surface area contributed by atoms with Gasteiger partial charge >= 0.3 is 0 Å². The van der Waals surface area contributed by atoms with E-state index in [2.05, 4.69) is 9.97 Å². The van der Waals surface area contributed by atoms with Crippen LogP contribution in [0.15, 0.2) is 12.3 Å². The van der Waals surface area contributed by atoms with Crippen molar-refractivity contribution in [3.8, 4) is 0 Å². The maximum Gasteiger partial charge on any atom is 0.138 e. The zero-order valence-corrected chi connectivity index (χ0v) is 10.4. The Kier molecular flexibility index (Phi) is 4.60. The standard InChI is InChI=1S/C12H19N3S/c13-7-5-10-6-8-14-12(15-10)9-16-11-3-1-2-4-11/h6,8,11H,1-5,7,9,13H2. The molecular formula is C12H19N3S. The average molecular weight is 237 g/mol. The largest absolute Gasteiger partial charge is 0.330 e. The van der Waals surface area contributed by atoms with Crippen molar-refractivity contribution in [3.63, 3.8) is 0 Å². The Bertz CT molecular complexity index is 324. The van der Waals surface area contributed by atoms with Crippen LogP contribution in [-0.4, -0.2) is 21.8 Å². The monoisotopic (exact) mass is 237 g/mol. The summed E-state index contributed by atoms with van der Waals surface area (Å²) in [6.07, 6.45) is 8.23. The van der Waals surface area contributed by atoms with E-state index in [-0.39, 0.29) is 0 Å². The number of thioether (sulfide) groups is 1. The van der Waals surface area contributed by atoms with E-state index in [1.807, 2.05) is 24.0 Å². The summed E-state index contributed by atoms with van der Waals surface area (Å²) in [6.45, 7) is 0.659. The molecule has 1 fully saturated rings. The Labute approximate surface area is 101 Å². The lowest BCUT2D eigenvalue weighted by atomic mass is 10.3. The molecule has 1 aliphatic rings. The van der Waals surface area contributed by atoms with E-state index in [1.165, 1.54) is 25.7 Å². The van der Waals surface area contributed by atoms with E-state index < -0.39 is 0 Å². The quantitative estimate of drug-likeness (QED) is 0.852. The van der Waals surface area contributed by atoms with E-state index in [9.17, 15) is 0 Å². The van der Waals surface area contributed by atoms with Gasteiger partial charge in [-0.25, -0.2) is 9.97 Å². The number of nitrogens with two attached hydrogens (primary N) is 1. The zero-order chi connectivity index (χ0) is 11.2. The summed E-state index contributed by atoms with van der Waals surface area (Å²) in [5.74, 6) is 1.91. The van der Waals surface area contributed by atoms with E-state index in [0.29, 0.717) is 6.54 Å². The molecule has 88 valence electrons. The second kappa shape index (κ2) is 6.21. The molecule has 3 nitrogen and oxygen atoms in total. The van der Waals surface area contributed by atoms with E-state index >= 15 is 0 Å². The van der Waals surface area contributed by atoms with Crippen LogP contribution in [0.1, 0.15) is 37.2 Å². The summed E-state index contributed by atoms with van der Waals surface area (Å²) in [6, 6.07) is 1.95. The van der Waals surface area contributed by atoms with Gasteiger partial charge in [-0.1, -0.05) is 12.8 Å². The molecule has 1 aliphatic carbocycles. The molecule has 1 aromatic rings. The third kappa shape index (κ3) is 3.46. The highest BCUT2D eigenvalue weighted by Gasteiger charge is 2.15.